The molecule has 0 amide bonds. The van der Waals surface area contributed by atoms with Gasteiger partial charge in [-0.15, -0.1) is 24.8 Å². The Morgan fingerprint density at radius 1 is 1.00 bits per heavy atom. The fourth-order valence-corrected chi connectivity index (χ4v) is 5.30. The molecule has 2 heterocycles. The van der Waals surface area contributed by atoms with Gasteiger partial charge in [0.05, 0.1) is 22.8 Å². The number of methoxy groups -OCH3 is 1. The monoisotopic (exact) mass is 524 g/mol. The van der Waals surface area contributed by atoms with Gasteiger partial charge in [0.2, 0.25) is 0 Å². The predicted octanol–water partition coefficient (Wildman–Crippen LogP) is 5.21. The number of fused-ring (bicyclic) bond motifs is 1. The van der Waals surface area contributed by atoms with Crippen molar-refractivity contribution in [2.45, 2.75) is 16.8 Å². The Bertz CT molecular complexity index is 867. The lowest BCUT2D eigenvalue weighted by Crippen LogP contribution is -2.47. The van der Waals surface area contributed by atoms with Gasteiger partial charge in [-0.05, 0) is 49.4 Å². The summed E-state index contributed by atoms with van der Waals surface area (Å²) in [6, 6.07) is 12.1. The van der Waals surface area contributed by atoms with Gasteiger partial charge in [0, 0.05) is 43.3 Å². The smallest absolute Gasteiger partial charge is 0.130 e. The third-order valence-electron chi connectivity index (χ3n) is 5.55. The van der Waals surface area contributed by atoms with E-state index in [9.17, 15) is 0 Å². The summed E-state index contributed by atoms with van der Waals surface area (Å²) in [4.78, 5) is 8.39. The summed E-state index contributed by atoms with van der Waals surface area (Å²) in [5, 5.41) is 1.22. The van der Waals surface area contributed by atoms with E-state index in [1.54, 1.807) is 18.9 Å². The summed E-state index contributed by atoms with van der Waals surface area (Å²) in [6.07, 6.45) is 1.09. The molecule has 1 atom stereocenters. The van der Waals surface area contributed by atoms with Crippen molar-refractivity contribution in [3.8, 4) is 5.75 Å². The lowest BCUT2D eigenvalue weighted by molar-refractivity contribution is 0.255. The van der Waals surface area contributed by atoms with Gasteiger partial charge < -0.3 is 20.3 Å². The number of piperazine rings is 1. The Hall–Kier alpha value is -0.730. The van der Waals surface area contributed by atoms with E-state index in [4.69, 9.17) is 33.7 Å². The molecule has 0 aliphatic carbocycles. The Kier molecular flexibility index (Phi) is 10.2. The Labute approximate surface area is 211 Å². The number of ether oxygens (including phenoxy) is 1. The van der Waals surface area contributed by atoms with Crippen LogP contribution in [-0.2, 0) is 0 Å². The molecule has 172 valence electrons. The molecule has 31 heavy (non-hydrogen) atoms. The average Bonchev–Trinajstić information content (AvgIpc) is 3.05. The van der Waals surface area contributed by atoms with Gasteiger partial charge in [-0.1, -0.05) is 35.0 Å². The highest BCUT2D eigenvalue weighted by Crippen LogP contribution is 2.43. The highest BCUT2D eigenvalue weighted by Gasteiger charge is 2.27. The molecule has 2 N–H and O–H groups in total. The fraction of sp³-hybridized carbons (Fsp3) is 0.429. The number of thioether (sulfide) groups is 1. The molecule has 5 nitrogen and oxygen atoms in total. The molecule has 10 heteroatoms. The summed E-state index contributed by atoms with van der Waals surface area (Å²) in [5.74, 6) is 0.880. The summed E-state index contributed by atoms with van der Waals surface area (Å²) < 4.78 is 5.33. The maximum Gasteiger partial charge on any atom is 0.130 e. The highest BCUT2D eigenvalue weighted by atomic mass is 35.5. The number of nitrogens with two attached hydrogens (primary N) is 1. The molecular formula is C21H28Cl4N4OS. The quantitative estimate of drug-likeness (QED) is 0.558. The first kappa shape index (κ1) is 26.5. The third kappa shape index (κ3) is 6.20. The highest BCUT2D eigenvalue weighted by molar-refractivity contribution is 8.00. The van der Waals surface area contributed by atoms with E-state index >= 15 is 0 Å². The van der Waals surface area contributed by atoms with Crippen molar-refractivity contribution in [2.24, 2.45) is 5.73 Å². The van der Waals surface area contributed by atoms with Crippen molar-refractivity contribution < 1.29 is 4.74 Å². The van der Waals surface area contributed by atoms with Gasteiger partial charge >= 0.3 is 0 Å². The van der Waals surface area contributed by atoms with Crippen LogP contribution in [0.25, 0.3) is 0 Å². The molecule has 0 spiro atoms. The van der Waals surface area contributed by atoms with E-state index in [1.165, 1.54) is 10.6 Å². The van der Waals surface area contributed by atoms with Gasteiger partial charge in [0.1, 0.15) is 11.2 Å². The van der Waals surface area contributed by atoms with Crippen LogP contribution in [0, 0.1) is 0 Å². The number of hydrogen-bond donors (Lipinski definition) is 1. The number of nitrogens with zero attached hydrogens (tertiary/aromatic N) is 3. The molecule has 0 saturated carbocycles. The van der Waals surface area contributed by atoms with E-state index in [0.717, 1.165) is 57.1 Å². The normalized spacial score (nSPS) is 18.3. The molecule has 1 saturated heterocycles. The van der Waals surface area contributed by atoms with Crippen LogP contribution in [0.1, 0.15) is 6.42 Å². The van der Waals surface area contributed by atoms with Crippen LogP contribution in [0.3, 0.4) is 0 Å². The molecule has 2 aliphatic rings. The minimum atomic E-state index is -0.0244. The van der Waals surface area contributed by atoms with Crippen molar-refractivity contribution in [3.05, 3.63) is 46.4 Å². The minimum Gasteiger partial charge on any atom is -0.497 e. The van der Waals surface area contributed by atoms with Crippen molar-refractivity contribution in [2.75, 3.05) is 56.2 Å². The summed E-state index contributed by atoms with van der Waals surface area (Å²) in [6.45, 7) is 6.14. The summed E-state index contributed by atoms with van der Waals surface area (Å²) >= 11 is 13.9. The lowest BCUT2D eigenvalue weighted by Gasteiger charge is -2.36. The van der Waals surface area contributed by atoms with E-state index < -0.39 is 0 Å². The van der Waals surface area contributed by atoms with Crippen LogP contribution in [-0.4, -0.2) is 56.8 Å². The van der Waals surface area contributed by atoms with Gasteiger partial charge in [-0.3, -0.25) is 4.90 Å². The fourth-order valence-electron chi connectivity index (χ4n) is 3.91. The van der Waals surface area contributed by atoms with Crippen molar-refractivity contribution in [3.63, 3.8) is 0 Å². The number of halogens is 4. The van der Waals surface area contributed by atoms with Crippen LogP contribution in [0.2, 0.25) is 10.0 Å². The maximum absolute atomic E-state index is 6.35. The van der Waals surface area contributed by atoms with Crippen LogP contribution >= 0.6 is 59.8 Å². The lowest BCUT2D eigenvalue weighted by atomic mass is 10.2. The van der Waals surface area contributed by atoms with E-state index in [-0.39, 0.29) is 30.3 Å². The third-order valence-corrected chi connectivity index (χ3v) is 7.36. The zero-order chi connectivity index (χ0) is 20.4. The first-order valence-electron chi connectivity index (χ1n) is 9.84. The molecule has 0 bridgehead atoms. The van der Waals surface area contributed by atoms with E-state index in [0.29, 0.717) is 10.0 Å². The van der Waals surface area contributed by atoms with E-state index in [1.807, 2.05) is 24.3 Å². The second kappa shape index (κ2) is 11.9. The molecule has 1 fully saturated rings. The number of benzene rings is 2. The summed E-state index contributed by atoms with van der Waals surface area (Å²) in [7, 11) is 1.69. The van der Waals surface area contributed by atoms with Crippen LogP contribution in [0.15, 0.2) is 41.3 Å². The molecule has 2 aromatic rings. The van der Waals surface area contributed by atoms with Crippen LogP contribution < -0.4 is 20.3 Å². The Morgan fingerprint density at radius 3 is 2.42 bits per heavy atom. The maximum atomic E-state index is 6.35. The molecule has 0 aromatic heterocycles. The second-order valence-corrected chi connectivity index (χ2v) is 9.29. The molecule has 0 radical (unpaired) electrons. The molecule has 1 unspecified atom stereocenters. The largest absolute Gasteiger partial charge is 0.497 e. The second-order valence-electron chi connectivity index (χ2n) is 7.32. The first-order valence-corrected chi connectivity index (χ1v) is 11.5. The topological polar surface area (TPSA) is 45.0 Å². The van der Waals surface area contributed by atoms with Gasteiger partial charge in [-0.25, -0.2) is 0 Å². The molecule has 4 rings (SSSR count). The zero-order valence-electron chi connectivity index (χ0n) is 17.3. The van der Waals surface area contributed by atoms with E-state index in [2.05, 4.69) is 26.8 Å². The molecule has 2 aliphatic heterocycles. The van der Waals surface area contributed by atoms with Crippen molar-refractivity contribution in [1.82, 2.24) is 4.90 Å². The predicted molar refractivity (Wildman–Crippen MR) is 138 cm³/mol. The molecule has 2 aromatic carbocycles. The van der Waals surface area contributed by atoms with Crippen LogP contribution in [0.5, 0.6) is 5.75 Å². The number of anilines is 2. The first-order chi connectivity index (χ1) is 14.0. The number of rotatable bonds is 6. The van der Waals surface area contributed by atoms with Crippen LogP contribution in [0.4, 0.5) is 11.4 Å². The zero-order valence-corrected chi connectivity index (χ0v) is 21.3. The average molecular weight is 526 g/mol. The standard InChI is InChI=1S/C21H26Cl2N4OS.2ClH/c1-28-16-4-6-19-20(14-16)29-21(24)27(19)8-2-7-25-9-11-26(12-10-25)15-3-5-17(22)18(23)13-15;;/h3-6,13-14,21H,2,7-12,24H2,1H3;2*1H. The Morgan fingerprint density at radius 2 is 1.74 bits per heavy atom. The van der Waals surface area contributed by atoms with Gasteiger partial charge in [0.25, 0.3) is 0 Å². The van der Waals surface area contributed by atoms with Gasteiger partial charge in [-0.2, -0.15) is 0 Å². The Balaban J connectivity index is 0.00000171. The SMILES string of the molecule is COc1ccc2c(c1)SC(N)N2CCCN1CCN(c2ccc(Cl)c(Cl)c2)CC1.Cl.Cl. The van der Waals surface area contributed by atoms with Gasteiger partial charge in [0.15, 0.2) is 0 Å². The van der Waals surface area contributed by atoms with Crippen molar-refractivity contribution in [1.29, 1.82) is 0 Å². The minimum absolute atomic E-state index is 0. The molecular weight excluding hydrogens is 498 g/mol. The summed E-state index contributed by atoms with van der Waals surface area (Å²) in [5.41, 5.74) is 8.69. The van der Waals surface area contributed by atoms with Crippen molar-refractivity contribution >= 4 is 71.2 Å². The number of hydrogen-bond acceptors (Lipinski definition) is 6.